The minimum absolute atomic E-state index is 0.120. The van der Waals surface area contributed by atoms with Crippen LogP contribution < -0.4 is 0 Å². The molecule has 1 rings (SSSR count). The first kappa shape index (κ1) is 13.2. The maximum atomic E-state index is 12.1. The molecule has 1 aromatic heterocycles. The van der Waals surface area contributed by atoms with E-state index in [0.29, 0.717) is 31.7 Å². The SMILES string of the molecule is COCCN(CCC#N)C(=O)c1cnn(C)c1. The Bertz CT molecular complexity index is 408. The van der Waals surface area contributed by atoms with E-state index in [9.17, 15) is 4.79 Å². The average Bonchev–Trinajstić information content (AvgIpc) is 2.75. The number of ether oxygens (including phenoxy) is 1. The van der Waals surface area contributed by atoms with Crippen LogP contribution in [0.4, 0.5) is 0 Å². The first-order valence-electron chi connectivity index (χ1n) is 5.33. The van der Waals surface area contributed by atoms with E-state index in [1.165, 1.54) is 6.20 Å². The molecular formula is C11H16N4O2. The number of carbonyl (C=O) groups excluding carboxylic acids is 1. The molecule has 0 aromatic carbocycles. The molecule has 6 nitrogen and oxygen atoms in total. The van der Waals surface area contributed by atoms with Gasteiger partial charge in [0.05, 0.1) is 30.9 Å². The quantitative estimate of drug-likeness (QED) is 0.717. The molecule has 0 N–H and O–H groups in total. The minimum Gasteiger partial charge on any atom is -0.383 e. The van der Waals surface area contributed by atoms with E-state index in [4.69, 9.17) is 10.00 Å². The van der Waals surface area contributed by atoms with E-state index < -0.39 is 0 Å². The van der Waals surface area contributed by atoms with Gasteiger partial charge in [-0.15, -0.1) is 0 Å². The molecule has 0 unspecified atom stereocenters. The van der Waals surface area contributed by atoms with Crippen molar-refractivity contribution in [3.63, 3.8) is 0 Å². The molecule has 0 atom stereocenters. The van der Waals surface area contributed by atoms with Crippen LogP contribution in [0.25, 0.3) is 0 Å². The Labute approximate surface area is 100 Å². The second kappa shape index (κ2) is 6.66. The van der Waals surface area contributed by atoms with Crippen LogP contribution in [0.15, 0.2) is 12.4 Å². The molecule has 0 spiro atoms. The molecule has 0 aliphatic carbocycles. The lowest BCUT2D eigenvalue weighted by molar-refractivity contribution is 0.0700. The average molecular weight is 236 g/mol. The molecule has 92 valence electrons. The number of amides is 1. The normalized spacial score (nSPS) is 9.94. The Morgan fingerprint density at radius 2 is 2.41 bits per heavy atom. The fourth-order valence-corrected chi connectivity index (χ4v) is 1.42. The largest absolute Gasteiger partial charge is 0.383 e. The first-order valence-corrected chi connectivity index (χ1v) is 5.33. The van der Waals surface area contributed by atoms with E-state index in [2.05, 4.69) is 5.10 Å². The number of methoxy groups -OCH3 is 1. The van der Waals surface area contributed by atoms with Gasteiger partial charge < -0.3 is 9.64 Å². The minimum atomic E-state index is -0.120. The Hall–Kier alpha value is -1.87. The summed E-state index contributed by atoms with van der Waals surface area (Å²) in [6.07, 6.45) is 3.50. The van der Waals surface area contributed by atoms with E-state index in [0.717, 1.165) is 0 Å². The fraction of sp³-hybridized carbons (Fsp3) is 0.545. The molecule has 0 aliphatic rings. The number of nitriles is 1. The lowest BCUT2D eigenvalue weighted by atomic mass is 10.3. The van der Waals surface area contributed by atoms with Gasteiger partial charge in [-0.1, -0.05) is 0 Å². The molecular weight excluding hydrogens is 220 g/mol. The standard InChI is InChI=1S/C11H16N4O2/c1-14-9-10(8-13-14)11(16)15(5-3-4-12)6-7-17-2/h8-9H,3,5-7H2,1-2H3. The topological polar surface area (TPSA) is 71.2 Å². The van der Waals surface area contributed by atoms with Crippen LogP contribution in [0.1, 0.15) is 16.8 Å². The Morgan fingerprint density at radius 1 is 1.65 bits per heavy atom. The highest BCUT2D eigenvalue weighted by atomic mass is 16.5. The summed E-state index contributed by atoms with van der Waals surface area (Å²) in [6.45, 7) is 1.34. The first-order chi connectivity index (χ1) is 8.19. The lowest BCUT2D eigenvalue weighted by Gasteiger charge is -2.20. The van der Waals surface area contributed by atoms with Gasteiger partial charge >= 0.3 is 0 Å². The van der Waals surface area contributed by atoms with Crippen LogP contribution in [-0.4, -0.2) is 47.4 Å². The van der Waals surface area contributed by atoms with Gasteiger partial charge in [0.25, 0.3) is 5.91 Å². The third kappa shape index (κ3) is 3.89. The van der Waals surface area contributed by atoms with Crippen molar-refractivity contribution in [1.82, 2.24) is 14.7 Å². The predicted octanol–water partition coefficient (Wildman–Crippen LogP) is 0.422. The maximum absolute atomic E-state index is 12.1. The van der Waals surface area contributed by atoms with Gasteiger partial charge in [-0.05, 0) is 0 Å². The number of aromatic nitrogens is 2. The van der Waals surface area contributed by atoms with E-state index in [-0.39, 0.29) is 5.91 Å². The summed E-state index contributed by atoms with van der Waals surface area (Å²) < 4.78 is 6.52. The number of nitrogens with zero attached hydrogens (tertiary/aromatic N) is 4. The van der Waals surface area contributed by atoms with Crippen molar-refractivity contribution in [2.75, 3.05) is 26.8 Å². The number of carbonyl (C=O) groups is 1. The summed E-state index contributed by atoms with van der Waals surface area (Å²) in [5.41, 5.74) is 0.529. The number of aryl methyl sites for hydroxylation is 1. The van der Waals surface area contributed by atoms with Gasteiger partial charge in [0.15, 0.2) is 0 Å². The highest BCUT2D eigenvalue weighted by Gasteiger charge is 2.16. The second-order valence-corrected chi connectivity index (χ2v) is 3.60. The second-order valence-electron chi connectivity index (χ2n) is 3.60. The molecule has 17 heavy (non-hydrogen) atoms. The number of hydrogen-bond acceptors (Lipinski definition) is 4. The van der Waals surface area contributed by atoms with Gasteiger partial charge in [0.1, 0.15) is 0 Å². The van der Waals surface area contributed by atoms with Gasteiger partial charge in [-0.25, -0.2) is 0 Å². The monoisotopic (exact) mass is 236 g/mol. The zero-order chi connectivity index (χ0) is 12.7. The van der Waals surface area contributed by atoms with Crippen molar-refractivity contribution in [3.8, 4) is 6.07 Å². The van der Waals surface area contributed by atoms with Crippen LogP contribution in [0.5, 0.6) is 0 Å². The maximum Gasteiger partial charge on any atom is 0.257 e. The molecule has 6 heteroatoms. The molecule has 0 fully saturated rings. The molecule has 0 bridgehead atoms. The summed E-state index contributed by atoms with van der Waals surface area (Å²) in [5.74, 6) is -0.120. The van der Waals surface area contributed by atoms with E-state index >= 15 is 0 Å². The molecule has 0 saturated heterocycles. The van der Waals surface area contributed by atoms with Crippen LogP contribution in [0.2, 0.25) is 0 Å². The molecule has 1 amide bonds. The van der Waals surface area contributed by atoms with Crippen LogP contribution >= 0.6 is 0 Å². The smallest absolute Gasteiger partial charge is 0.257 e. The molecule has 1 aromatic rings. The van der Waals surface area contributed by atoms with Crippen molar-refractivity contribution >= 4 is 5.91 Å². The molecule has 0 radical (unpaired) electrons. The summed E-state index contributed by atoms with van der Waals surface area (Å²) in [5, 5.41) is 12.5. The Balaban J connectivity index is 2.68. The Kier molecular flexibility index (Phi) is 5.17. The molecule has 1 heterocycles. The van der Waals surface area contributed by atoms with Crippen LogP contribution in [0.3, 0.4) is 0 Å². The third-order valence-electron chi connectivity index (χ3n) is 2.30. The third-order valence-corrected chi connectivity index (χ3v) is 2.30. The van der Waals surface area contributed by atoms with Crippen molar-refractivity contribution < 1.29 is 9.53 Å². The zero-order valence-corrected chi connectivity index (χ0v) is 10.1. The molecule has 0 aliphatic heterocycles. The van der Waals surface area contributed by atoms with Gasteiger partial charge in [-0.3, -0.25) is 9.48 Å². The van der Waals surface area contributed by atoms with Gasteiger partial charge in [-0.2, -0.15) is 10.4 Å². The summed E-state index contributed by atoms with van der Waals surface area (Å²) in [4.78, 5) is 13.7. The van der Waals surface area contributed by atoms with E-state index in [1.54, 1.807) is 29.9 Å². The number of hydrogen-bond donors (Lipinski definition) is 0. The van der Waals surface area contributed by atoms with Crippen molar-refractivity contribution in [1.29, 1.82) is 5.26 Å². The van der Waals surface area contributed by atoms with Crippen molar-refractivity contribution in [3.05, 3.63) is 18.0 Å². The van der Waals surface area contributed by atoms with Crippen LogP contribution in [0, 0.1) is 11.3 Å². The fourth-order valence-electron chi connectivity index (χ4n) is 1.42. The molecule has 0 saturated carbocycles. The Morgan fingerprint density at radius 3 is 2.94 bits per heavy atom. The number of rotatable bonds is 6. The summed E-state index contributed by atoms with van der Waals surface area (Å²) >= 11 is 0. The van der Waals surface area contributed by atoms with Crippen molar-refractivity contribution in [2.45, 2.75) is 6.42 Å². The summed E-state index contributed by atoms with van der Waals surface area (Å²) in [7, 11) is 3.34. The summed E-state index contributed by atoms with van der Waals surface area (Å²) in [6, 6.07) is 2.03. The van der Waals surface area contributed by atoms with Gasteiger partial charge in [0, 0.05) is 33.4 Å². The highest BCUT2D eigenvalue weighted by Crippen LogP contribution is 2.04. The van der Waals surface area contributed by atoms with Crippen LogP contribution in [-0.2, 0) is 11.8 Å². The predicted molar refractivity (Wildman–Crippen MR) is 61.2 cm³/mol. The lowest BCUT2D eigenvalue weighted by Crippen LogP contribution is -2.34. The zero-order valence-electron chi connectivity index (χ0n) is 10.1. The van der Waals surface area contributed by atoms with Gasteiger partial charge in [0.2, 0.25) is 0 Å². The highest BCUT2D eigenvalue weighted by molar-refractivity contribution is 5.93. The van der Waals surface area contributed by atoms with E-state index in [1.807, 2.05) is 6.07 Å². The van der Waals surface area contributed by atoms with Crippen molar-refractivity contribution in [2.24, 2.45) is 7.05 Å².